The van der Waals surface area contributed by atoms with Crippen molar-refractivity contribution >= 4 is 17.8 Å². The van der Waals surface area contributed by atoms with Crippen LogP contribution in [-0.2, 0) is 4.79 Å². The number of carbonyl (C=O) groups is 1. The summed E-state index contributed by atoms with van der Waals surface area (Å²) in [7, 11) is 1.53. The van der Waals surface area contributed by atoms with E-state index >= 15 is 0 Å². The van der Waals surface area contributed by atoms with Gasteiger partial charge in [-0.25, -0.2) is 5.43 Å². The second-order valence-corrected chi connectivity index (χ2v) is 4.58. The maximum Gasteiger partial charge on any atom is 0.278 e. The number of ether oxygens (including phenoxy) is 2. The van der Waals surface area contributed by atoms with Crippen LogP contribution in [0, 0.1) is 10.1 Å². The maximum absolute atomic E-state index is 11.7. The standard InChI is InChI=1S/C16H15N3O5/c1-23-13-6-4-7-14(9-13)24-11-16(20)18-17-10-12-5-2-3-8-15(12)19(21)22/h2-10H,11H2,1H3,(H,18,20)/b17-10-. The van der Waals surface area contributed by atoms with Crippen LogP contribution in [0.15, 0.2) is 53.6 Å². The van der Waals surface area contributed by atoms with E-state index < -0.39 is 10.8 Å². The van der Waals surface area contributed by atoms with Crippen molar-refractivity contribution in [2.45, 2.75) is 0 Å². The number of hydrazone groups is 1. The summed E-state index contributed by atoms with van der Waals surface area (Å²) in [6, 6.07) is 12.9. The van der Waals surface area contributed by atoms with E-state index in [-0.39, 0.29) is 17.9 Å². The Bertz CT molecular complexity index is 761. The predicted octanol–water partition coefficient (Wildman–Crippen LogP) is 2.13. The van der Waals surface area contributed by atoms with Gasteiger partial charge in [-0.15, -0.1) is 0 Å². The van der Waals surface area contributed by atoms with Crippen LogP contribution in [0.2, 0.25) is 0 Å². The molecule has 0 aliphatic carbocycles. The summed E-state index contributed by atoms with van der Waals surface area (Å²) in [5.74, 6) is 0.599. The highest BCUT2D eigenvalue weighted by Crippen LogP contribution is 2.18. The number of nitrogens with one attached hydrogen (secondary N) is 1. The lowest BCUT2D eigenvalue weighted by Gasteiger charge is -2.06. The van der Waals surface area contributed by atoms with Crippen LogP contribution in [0.1, 0.15) is 5.56 Å². The highest BCUT2D eigenvalue weighted by atomic mass is 16.6. The molecule has 0 unspecified atom stereocenters. The van der Waals surface area contributed by atoms with Gasteiger partial charge in [-0.2, -0.15) is 5.10 Å². The first-order valence-electron chi connectivity index (χ1n) is 6.92. The third kappa shape index (κ3) is 4.80. The summed E-state index contributed by atoms with van der Waals surface area (Å²) in [6.45, 7) is -0.249. The number of para-hydroxylation sites is 1. The van der Waals surface area contributed by atoms with Crippen molar-refractivity contribution in [1.82, 2.24) is 5.43 Å². The second kappa shape index (κ2) is 8.28. The predicted molar refractivity (Wildman–Crippen MR) is 87.3 cm³/mol. The molecule has 8 heteroatoms. The zero-order valence-corrected chi connectivity index (χ0v) is 12.8. The largest absolute Gasteiger partial charge is 0.497 e. The lowest BCUT2D eigenvalue weighted by molar-refractivity contribution is -0.385. The smallest absolute Gasteiger partial charge is 0.278 e. The number of nitro groups is 1. The van der Waals surface area contributed by atoms with Crippen molar-refractivity contribution in [3.8, 4) is 11.5 Å². The molecule has 124 valence electrons. The highest BCUT2D eigenvalue weighted by molar-refractivity contribution is 5.86. The number of hydrogen-bond acceptors (Lipinski definition) is 6. The first-order chi connectivity index (χ1) is 11.6. The van der Waals surface area contributed by atoms with Crippen LogP contribution in [0.5, 0.6) is 11.5 Å². The zero-order valence-electron chi connectivity index (χ0n) is 12.8. The molecular weight excluding hydrogens is 314 g/mol. The van der Waals surface area contributed by atoms with Crippen LogP contribution in [0.25, 0.3) is 0 Å². The third-order valence-electron chi connectivity index (χ3n) is 2.94. The fourth-order valence-electron chi connectivity index (χ4n) is 1.81. The van der Waals surface area contributed by atoms with Crippen molar-refractivity contribution in [2.75, 3.05) is 13.7 Å². The molecule has 0 heterocycles. The first kappa shape index (κ1) is 16.9. The SMILES string of the molecule is COc1cccc(OCC(=O)N/N=C\c2ccccc2[N+](=O)[O-])c1. The molecule has 0 aliphatic rings. The molecule has 0 radical (unpaired) electrons. The molecular formula is C16H15N3O5. The van der Waals surface area contributed by atoms with E-state index in [0.29, 0.717) is 11.5 Å². The highest BCUT2D eigenvalue weighted by Gasteiger charge is 2.10. The molecule has 0 atom stereocenters. The van der Waals surface area contributed by atoms with Gasteiger partial charge in [-0.1, -0.05) is 18.2 Å². The number of rotatable bonds is 7. The van der Waals surface area contributed by atoms with Gasteiger partial charge in [0.05, 0.1) is 23.8 Å². The summed E-state index contributed by atoms with van der Waals surface area (Å²) in [6.07, 6.45) is 1.21. The first-order valence-corrected chi connectivity index (χ1v) is 6.92. The minimum atomic E-state index is -0.519. The Kier molecular flexibility index (Phi) is 5.84. The Hall–Kier alpha value is -3.42. The molecule has 2 aromatic carbocycles. The maximum atomic E-state index is 11.7. The molecule has 8 nitrogen and oxygen atoms in total. The van der Waals surface area contributed by atoms with E-state index in [2.05, 4.69) is 10.5 Å². The van der Waals surface area contributed by atoms with E-state index in [1.807, 2.05) is 0 Å². The molecule has 2 rings (SSSR count). The van der Waals surface area contributed by atoms with Gasteiger partial charge in [0.2, 0.25) is 0 Å². The fraction of sp³-hybridized carbons (Fsp3) is 0.125. The van der Waals surface area contributed by atoms with E-state index in [1.54, 1.807) is 36.4 Å². The summed E-state index contributed by atoms with van der Waals surface area (Å²) in [4.78, 5) is 22.0. The summed E-state index contributed by atoms with van der Waals surface area (Å²) in [5, 5.41) is 14.6. The molecule has 24 heavy (non-hydrogen) atoms. The number of carbonyl (C=O) groups excluding carboxylic acids is 1. The van der Waals surface area contributed by atoms with Crippen molar-refractivity contribution in [1.29, 1.82) is 0 Å². The van der Waals surface area contributed by atoms with Gasteiger partial charge in [0.1, 0.15) is 11.5 Å². The van der Waals surface area contributed by atoms with Crippen LogP contribution in [-0.4, -0.2) is 30.8 Å². The second-order valence-electron chi connectivity index (χ2n) is 4.58. The summed E-state index contributed by atoms with van der Waals surface area (Å²) in [5.41, 5.74) is 2.44. The number of amides is 1. The molecule has 0 saturated heterocycles. The number of benzene rings is 2. The van der Waals surface area contributed by atoms with Gasteiger partial charge in [-0.3, -0.25) is 14.9 Å². The molecule has 2 aromatic rings. The van der Waals surface area contributed by atoms with E-state index in [0.717, 1.165) is 0 Å². The van der Waals surface area contributed by atoms with Crippen LogP contribution in [0.4, 0.5) is 5.69 Å². The van der Waals surface area contributed by atoms with Crippen LogP contribution in [0.3, 0.4) is 0 Å². The van der Waals surface area contributed by atoms with Crippen LogP contribution < -0.4 is 14.9 Å². The number of methoxy groups -OCH3 is 1. The average molecular weight is 329 g/mol. The number of hydrogen-bond donors (Lipinski definition) is 1. The Morgan fingerprint density at radius 2 is 2.00 bits per heavy atom. The van der Waals surface area contributed by atoms with Gasteiger partial charge in [-0.05, 0) is 18.2 Å². The van der Waals surface area contributed by atoms with Crippen molar-refractivity contribution in [2.24, 2.45) is 5.10 Å². The normalized spacial score (nSPS) is 10.4. The Balaban J connectivity index is 1.88. The van der Waals surface area contributed by atoms with Gasteiger partial charge in [0.25, 0.3) is 11.6 Å². The molecule has 0 aromatic heterocycles. The molecule has 0 saturated carbocycles. The third-order valence-corrected chi connectivity index (χ3v) is 2.94. The molecule has 0 aliphatic heterocycles. The quantitative estimate of drug-likeness (QED) is 0.476. The molecule has 0 fully saturated rings. The molecule has 1 N–H and O–H groups in total. The Labute approximate surface area is 137 Å². The number of nitrogens with zero attached hydrogens (tertiary/aromatic N) is 2. The molecule has 1 amide bonds. The van der Waals surface area contributed by atoms with E-state index in [9.17, 15) is 14.9 Å². The van der Waals surface area contributed by atoms with Crippen LogP contribution >= 0.6 is 0 Å². The van der Waals surface area contributed by atoms with Crippen molar-refractivity contribution in [3.05, 3.63) is 64.2 Å². The topological polar surface area (TPSA) is 103 Å². The fourth-order valence-corrected chi connectivity index (χ4v) is 1.81. The van der Waals surface area contributed by atoms with Gasteiger partial charge in [0.15, 0.2) is 6.61 Å². The van der Waals surface area contributed by atoms with Crippen molar-refractivity contribution in [3.63, 3.8) is 0 Å². The summed E-state index contributed by atoms with van der Waals surface area (Å²) < 4.78 is 10.3. The van der Waals surface area contributed by atoms with E-state index in [1.165, 1.54) is 25.5 Å². The average Bonchev–Trinajstić information content (AvgIpc) is 2.60. The lowest BCUT2D eigenvalue weighted by atomic mass is 10.2. The molecule has 0 spiro atoms. The van der Waals surface area contributed by atoms with Gasteiger partial charge >= 0.3 is 0 Å². The van der Waals surface area contributed by atoms with Crippen molar-refractivity contribution < 1.29 is 19.2 Å². The Morgan fingerprint density at radius 3 is 2.75 bits per heavy atom. The minimum Gasteiger partial charge on any atom is -0.497 e. The lowest BCUT2D eigenvalue weighted by Crippen LogP contribution is -2.24. The minimum absolute atomic E-state index is 0.0943. The number of nitro benzene ring substituents is 1. The molecule has 0 bridgehead atoms. The monoisotopic (exact) mass is 329 g/mol. The summed E-state index contributed by atoms with van der Waals surface area (Å²) >= 11 is 0. The van der Waals surface area contributed by atoms with Gasteiger partial charge < -0.3 is 9.47 Å². The van der Waals surface area contributed by atoms with Gasteiger partial charge in [0, 0.05) is 12.1 Å². The zero-order chi connectivity index (χ0) is 17.4. The Morgan fingerprint density at radius 1 is 1.25 bits per heavy atom. The van der Waals surface area contributed by atoms with E-state index in [4.69, 9.17) is 9.47 Å².